The highest BCUT2D eigenvalue weighted by Gasteiger charge is 2.35. The van der Waals surface area contributed by atoms with Gasteiger partial charge in [0.2, 0.25) is 0 Å². The van der Waals surface area contributed by atoms with Crippen LogP contribution in [0, 0.1) is 0 Å². The zero-order valence-corrected chi connectivity index (χ0v) is 12.6. The van der Waals surface area contributed by atoms with Crippen LogP contribution in [0.5, 0.6) is 5.75 Å². The number of ether oxygens (including phenoxy) is 1. The second-order valence-corrected chi connectivity index (χ2v) is 5.32. The van der Waals surface area contributed by atoms with Crippen molar-refractivity contribution in [3.8, 4) is 5.75 Å². The Hall–Kier alpha value is -1.53. The van der Waals surface area contributed by atoms with E-state index in [1.54, 1.807) is 12.1 Å². The summed E-state index contributed by atoms with van der Waals surface area (Å²) in [5.74, 6) is 0.566. The van der Waals surface area contributed by atoms with Crippen LogP contribution >= 0.6 is 15.9 Å². The van der Waals surface area contributed by atoms with Gasteiger partial charge in [-0.1, -0.05) is 28.1 Å². The van der Waals surface area contributed by atoms with E-state index >= 15 is 0 Å². The first-order valence-electron chi connectivity index (χ1n) is 6.01. The Morgan fingerprint density at radius 2 is 1.71 bits per heavy atom. The molecule has 1 N–H and O–H groups in total. The van der Waals surface area contributed by atoms with E-state index in [9.17, 15) is 18.3 Å². The van der Waals surface area contributed by atoms with E-state index < -0.39 is 17.8 Å². The van der Waals surface area contributed by atoms with E-state index in [1.165, 1.54) is 31.4 Å². The van der Waals surface area contributed by atoms with E-state index in [1.807, 2.05) is 0 Å². The van der Waals surface area contributed by atoms with Crippen molar-refractivity contribution in [1.82, 2.24) is 0 Å². The summed E-state index contributed by atoms with van der Waals surface area (Å²) in [5.41, 5.74) is -0.685. The molecule has 2 aromatic carbocycles. The molecular formula is C15H12BrF3O2. The lowest BCUT2D eigenvalue weighted by atomic mass is 9.96. The number of hydrogen-bond donors (Lipinski definition) is 1. The van der Waals surface area contributed by atoms with Gasteiger partial charge in [0.15, 0.2) is 0 Å². The summed E-state index contributed by atoms with van der Waals surface area (Å²) in [5, 5.41) is 10.3. The van der Waals surface area contributed by atoms with Crippen LogP contribution in [0.25, 0.3) is 0 Å². The Kier molecular flexibility index (Phi) is 4.58. The fraction of sp³-hybridized carbons (Fsp3) is 0.200. The molecule has 0 radical (unpaired) electrons. The number of hydrogen-bond acceptors (Lipinski definition) is 2. The molecule has 0 heterocycles. The molecule has 0 amide bonds. The van der Waals surface area contributed by atoms with Crippen LogP contribution in [0.15, 0.2) is 46.9 Å². The van der Waals surface area contributed by atoms with E-state index in [4.69, 9.17) is 4.74 Å². The van der Waals surface area contributed by atoms with Gasteiger partial charge in [-0.25, -0.2) is 0 Å². The molecule has 6 heteroatoms. The van der Waals surface area contributed by atoms with Crippen molar-refractivity contribution in [2.75, 3.05) is 7.11 Å². The van der Waals surface area contributed by atoms with Crippen molar-refractivity contribution >= 4 is 15.9 Å². The van der Waals surface area contributed by atoms with Crippen molar-refractivity contribution in [2.24, 2.45) is 0 Å². The normalized spacial score (nSPS) is 13.0. The SMILES string of the molecule is COc1ccc(C(O)c2cc(Br)ccc2C(F)(F)F)cc1. The average molecular weight is 361 g/mol. The molecule has 0 spiro atoms. The zero-order valence-electron chi connectivity index (χ0n) is 11.0. The van der Waals surface area contributed by atoms with Gasteiger partial charge in [-0.2, -0.15) is 13.2 Å². The van der Waals surface area contributed by atoms with Gasteiger partial charge >= 0.3 is 6.18 Å². The van der Waals surface area contributed by atoms with Gasteiger partial charge in [0.25, 0.3) is 0 Å². The van der Waals surface area contributed by atoms with Crippen LogP contribution in [-0.2, 0) is 6.18 Å². The standard InChI is InChI=1S/C15H12BrF3O2/c1-21-11-5-2-9(3-6-11)14(20)12-8-10(16)4-7-13(12)15(17,18)19/h2-8,14,20H,1H3. The lowest BCUT2D eigenvalue weighted by Gasteiger charge is -2.18. The molecule has 0 bridgehead atoms. The first kappa shape index (κ1) is 15.9. The first-order chi connectivity index (χ1) is 9.82. The number of rotatable bonds is 3. The summed E-state index contributed by atoms with van der Waals surface area (Å²) in [6.45, 7) is 0. The number of aliphatic hydroxyl groups excluding tert-OH is 1. The minimum atomic E-state index is -4.52. The molecule has 1 atom stereocenters. The van der Waals surface area contributed by atoms with Crippen LogP contribution in [0.4, 0.5) is 13.2 Å². The van der Waals surface area contributed by atoms with Crippen molar-refractivity contribution in [1.29, 1.82) is 0 Å². The van der Waals surface area contributed by atoms with E-state index in [0.717, 1.165) is 6.07 Å². The monoisotopic (exact) mass is 360 g/mol. The third-order valence-corrected chi connectivity index (χ3v) is 3.54. The Morgan fingerprint density at radius 1 is 1.10 bits per heavy atom. The van der Waals surface area contributed by atoms with Crippen LogP contribution in [0.2, 0.25) is 0 Å². The van der Waals surface area contributed by atoms with Crippen molar-refractivity contribution in [2.45, 2.75) is 12.3 Å². The molecule has 0 aliphatic rings. The van der Waals surface area contributed by atoms with Crippen LogP contribution in [0.3, 0.4) is 0 Å². The Balaban J connectivity index is 2.46. The van der Waals surface area contributed by atoms with E-state index in [2.05, 4.69) is 15.9 Å². The summed E-state index contributed by atoms with van der Waals surface area (Å²) in [7, 11) is 1.49. The molecule has 21 heavy (non-hydrogen) atoms. The smallest absolute Gasteiger partial charge is 0.416 e. The van der Waals surface area contributed by atoms with E-state index in [0.29, 0.717) is 15.8 Å². The highest BCUT2D eigenvalue weighted by Crippen LogP contribution is 2.38. The number of aliphatic hydroxyl groups is 1. The third kappa shape index (κ3) is 3.57. The average Bonchev–Trinajstić information content (AvgIpc) is 2.45. The van der Waals surface area contributed by atoms with Crippen molar-refractivity contribution in [3.05, 3.63) is 63.6 Å². The van der Waals surface area contributed by atoms with Crippen LogP contribution in [-0.4, -0.2) is 12.2 Å². The second kappa shape index (κ2) is 6.07. The van der Waals surface area contributed by atoms with Crippen LogP contribution < -0.4 is 4.74 Å². The van der Waals surface area contributed by atoms with Crippen molar-refractivity contribution < 1.29 is 23.0 Å². The molecule has 0 saturated heterocycles. The number of alkyl halides is 3. The quantitative estimate of drug-likeness (QED) is 0.869. The highest BCUT2D eigenvalue weighted by molar-refractivity contribution is 9.10. The molecule has 0 fully saturated rings. The summed E-state index contributed by atoms with van der Waals surface area (Å²) in [6, 6.07) is 9.76. The fourth-order valence-corrected chi connectivity index (χ4v) is 2.36. The zero-order chi connectivity index (χ0) is 15.6. The Labute approximate surface area is 128 Å². The van der Waals surface area contributed by atoms with Gasteiger partial charge in [-0.05, 0) is 41.5 Å². The summed E-state index contributed by atoms with van der Waals surface area (Å²) in [6.07, 6.45) is -5.89. The maximum Gasteiger partial charge on any atom is 0.416 e. The molecule has 0 aliphatic heterocycles. The van der Waals surface area contributed by atoms with Gasteiger partial charge < -0.3 is 9.84 Å². The van der Waals surface area contributed by atoms with E-state index in [-0.39, 0.29) is 5.56 Å². The topological polar surface area (TPSA) is 29.5 Å². The maximum absolute atomic E-state index is 13.0. The predicted molar refractivity (Wildman–Crippen MR) is 76.2 cm³/mol. The maximum atomic E-state index is 13.0. The molecule has 1 unspecified atom stereocenters. The minimum Gasteiger partial charge on any atom is -0.497 e. The fourth-order valence-electron chi connectivity index (χ4n) is 1.98. The second-order valence-electron chi connectivity index (χ2n) is 4.41. The van der Waals surface area contributed by atoms with Gasteiger partial charge in [-0.3, -0.25) is 0 Å². The molecule has 112 valence electrons. The molecule has 0 saturated carbocycles. The van der Waals surface area contributed by atoms with Gasteiger partial charge in [0, 0.05) is 4.47 Å². The summed E-state index contributed by atoms with van der Waals surface area (Å²) in [4.78, 5) is 0. The Bertz CT molecular complexity index is 624. The van der Waals surface area contributed by atoms with Gasteiger partial charge in [0.1, 0.15) is 11.9 Å². The minimum absolute atomic E-state index is 0.193. The third-order valence-electron chi connectivity index (χ3n) is 3.05. The number of halogens is 4. The lowest BCUT2D eigenvalue weighted by Crippen LogP contribution is -2.12. The molecule has 2 aromatic rings. The highest BCUT2D eigenvalue weighted by atomic mass is 79.9. The van der Waals surface area contributed by atoms with Crippen LogP contribution in [0.1, 0.15) is 22.8 Å². The van der Waals surface area contributed by atoms with Gasteiger partial charge in [-0.15, -0.1) is 0 Å². The lowest BCUT2D eigenvalue weighted by molar-refractivity contribution is -0.139. The Morgan fingerprint density at radius 3 is 2.24 bits per heavy atom. The first-order valence-corrected chi connectivity index (χ1v) is 6.81. The van der Waals surface area contributed by atoms with Gasteiger partial charge in [0.05, 0.1) is 12.7 Å². The molecule has 2 nitrogen and oxygen atoms in total. The molecular weight excluding hydrogens is 349 g/mol. The number of benzene rings is 2. The summed E-state index contributed by atoms with van der Waals surface area (Å²) >= 11 is 3.13. The van der Waals surface area contributed by atoms with Crippen molar-refractivity contribution in [3.63, 3.8) is 0 Å². The molecule has 0 aliphatic carbocycles. The molecule has 0 aromatic heterocycles. The summed E-state index contributed by atoms with van der Waals surface area (Å²) < 4.78 is 44.5. The number of methoxy groups -OCH3 is 1. The predicted octanol–water partition coefficient (Wildman–Crippen LogP) is 4.56. The molecule has 2 rings (SSSR count). The largest absolute Gasteiger partial charge is 0.497 e.